The molecule has 0 aliphatic carbocycles. The van der Waals surface area contributed by atoms with Gasteiger partial charge in [0.1, 0.15) is 11.6 Å². The van der Waals surface area contributed by atoms with Crippen molar-refractivity contribution < 1.29 is 45.8 Å². The van der Waals surface area contributed by atoms with Crippen molar-refractivity contribution in [1.29, 1.82) is 0 Å². The van der Waals surface area contributed by atoms with Crippen molar-refractivity contribution in [3.05, 3.63) is 65.4 Å². The normalized spacial score (nSPS) is 11.9. The highest BCUT2D eigenvalue weighted by Crippen LogP contribution is 2.30. The summed E-state index contributed by atoms with van der Waals surface area (Å²) in [5.41, 5.74) is -1.06. The zero-order valence-electron chi connectivity index (χ0n) is 20.5. The minimum absolute atomic E-state index is 0.00861. The minimum Gasteiger partial charge on any atom is -0.476 e. The van der Waals surface area contributed by atoms with Crippen molar-refractivity contribution in [2.45, 2.75) is 31.6 Å². The Kier molecular flexibility index (Phi) is 7.89. The second-order valence-electron chi connectivity index (χ2n) is 8.58. The van der Waals surface area contributed by atoms with Gasteiger partial charge in [-0.1, -0.05) is 0 Å². The summed E-state index contributed by atoms with van der Waals surface area (Å²) in [7, 11) is 0. The number of benzene rings is 2. The number of amides is 3. The van der Waals surface area contributed by atoms with Crippen molar-refractivity contribution >= 4 is 46.1 Å². The molecule has 6 N–H and O–H groups in total. The SMILES string of the molecule is O=C(CCCc1nc(C(=O)O)c(NC(=O)Nc2ccc(C(F)(F)F)cc2)[nH]1)Nc1ccc2[nH]c(C(F)(F)F)nc2c1. The van der Waals surface area contributed by atoms with Crippen LogP contribution in [0, 0.1) is 0 Å². The fourth-order valence-electron chi connectivity index (χ4n) is 3.66. The molecule has 2 heterocycles. The largest absolute Gasteiger partial charge is 0.476 e. The van der Waals surface area contributed by atoms with Crippen LogP contribution in [0.1, 0.15) is 40.5 Å². The Balaban J connectivity index is 1.31. The van der Waals surface area contributed by atoms with Gasteiger partial charge in [-0.2, -0.15) is 26.3 Å². The first-order chi connectivity index (χ1) is 19.2. The van der Waals surface area contributed by atoms with Crippen molar-refractivity contribution in [2.75, 3.05) is 16.0 Å². The van der Waals surface area contributed by atoms with Gasteiger partial charge >= 0.3 is 24.4 Å². The van der Waals surface area contributed by atoms with Crippen molar-refractivity contribution in [3.63, 3.8) is 0 Å². The van der Waals surface area contributed by atoms with E-state index in [2.05, 4.69) is 35.9 Å². The Morgan fingerprint density at radius 3 is 2.15 bits per heavy atom. The predicted molar refractivity (Wildman–Crippen MR) is 132 cm³/mol. The average Bonchev–Trinajstić information content (AvgIpc) is 3.48. The summed E-state index contributed by atoms with van der Waals surface area (Å²) >= 11 is 0. The van der Waals surface area contributed by atoms with E-state index in [0.717, 1.165) is 24.3 Å². The fourth-order valence-corrected chi connectivity index (χ4v) is 3.66. The maximum Gasteiger partial charge on any atom is 0.449 e. The number of aromatic carboxylic acids is 1. The van der Waals surface area contributed by atoms with Gasteiger partial charge in [0.25, 0.3) is 0 Å². The number of halogens is 6. The van der Waals surface area contributed by atoms with Crippen LogP contribution in [0.5, 0.6) is 0 Å². The number of anilines is 3. The molecule has 4 aromatic rings. The number of carbonyl (C=O) groups is 3. The summed E-state index contributed by atoms with van der Waals surface area (Å²) in [6, 6.07) is 6.65. The molecule has 0 radical (unpaired) electrons. The number of nitrogens with one attached hydrogen (secondary N) is 5. The monoisotopic (exact) mass is 583 g/mol. The molecule has 0 fully saturated rings. The number of aromatic nitrogens is 4. The lowest BCUT2D eigenvalue weighted by Crippen LogP contribution is -2.21. The van der Waals surface area contributed by atoms with Crippen LogP contribution in [-0.2, 0) is 23.6 Å². The highest BCUT2D eigenvalue weighted by Gasteiger charge is 2.34. The second kappa shape index (κ2) is 11.2. The number of hydrogen-bond donors (Lipinski definition) is 6. The molecule has 0 bridgehead atoms. The molecule has 0 saturated carbocycles. The number of carboxylic acid groups (broad SMARTS) is 1. The van der Waals surface area contributed by atoms with E-state index < -0.39 is 47.3 Å². The van der Waals surface area contributed by atoms with E-state index in [4.69, 9.17) is 0 Å². The third kappa shape index (κ3) is 7.31. The zero-order chi connectivity index (χ0) is 29.9. The molecule has 0 aliphatic heterocycles. The topological polar surface area (TPSA) is 165 Å². The van der Waals surface area contributed by atoms with Crippen LogP contribution in [0.3, 0.4) is 0 Å². The number of fused-ring (bicyclic) bond motifs is 1. The first-order valence-electron chi connectivity index (χ1n) is 11.6. The number of rotatable bonds is 8. The average molecular weight is 583 g/mol. The number of carbonyl (C=O) groups excluding carboxylic acids is 2. The van der Waals surface area contributed by atoms with Crippen LogP contribution in [0.2, 0.25) is 0 Å². The lowest BCUT2D eigenvalue weighted by atomic mass is 10.2. The predicted octanol–water partition coefficient (Wildman–Crippen LogP) is 5.63. The number of carboxylic acids is 1. The molecule has 0 spiro atoms. The Bertz CT molecular complexity index is 1590. The maximum absolute atomic E-state index is 12.8. The zero-order valence-corrected chi connectivity index (χ0v) is 20.5. The van der Waals surface area contributed by atoms with E-state index in [1.165, 1.54) is 18.2 Å². The number of imidazole rings is 2. The molecule has 3 amide bonds. The number of H-pyrrole nitrogens is 2. The van der Waals surface area contributed by atoms with Gasteiger partial charge < -0.3 is 25.7 Å². The third-order valence-electron chi connectivity index (χ3n) is 5.52. The van der Waals surface area contributed by atoms with Gasteiger partial charge in [0, 0.05) is 24.2 Å². The van der Waals surface area contributed by atoms with Gasteiger partial charge in [-0.3, -0.25) is 10.1 Å². The maximum atomic E-state index is 12.8. The summed E-state index contributed by atoms with van der Waals surface area (Å²) in [6.07, 6.45) is -9.00. The summed E-state index contributed by atoms with van der Waals surface area (Å²) in [4.78, 5) is 48.2. The van der Waals surface area contributed by atoms with Gasteiger partial charge in [0.05, 0.1) is 16.6 Å². The smallest absolute Gasteiger partial charge is 0.449 e. The number of hydrogen-bond acceptors (Lipinski definition) is 5. The van der Waals surface area contributed by atoms with E-state index in [-0.39, 0.29) is 53.3 Å². The van der Waals surface area contributed by atoms with Gasteiger partial charge in [-0.25, -0.2) is 19.6 Å². The molecule has 41 heavy (non-hydrogen) atoms. The van der Waals surface area contributed by atoms with E-state index in [0.29, 0.717) is 0 Å². The van der Waals surface area contributed by atoms with Crippen LogP contribution in [0.25, 0.3) is 11.0 Å². The first-order valence-corrected chi connectivity index (χ1v) is 11.6. The van der Waals surface area contributed by atoms with Crippen molar-refractivity contribution in [1.82, 2.24) is 19.9 Å². The van der Waals surface area contributed by atoms with Gasteiger partial charge in [0.15, 0.2) is 5.69 Å². The summed E-state index contributed by atoms with van der Waals surface area (Å²) in [5, 5.41) is 16.4. The molecule has 0 atom stereocenters. The van der Waals surface area contributed by atoms with Gasteiger partial charge in [-0.15, -0.1) is 0 Å². The van der Waals surface area contributed by atoms with Gasteiger partial charge in [-0.05, 0) is 48.9 Å². The Hall–Kier alpha value is -5.09. The van der Waals surface area contributed by atoms with Gasteiger partial charge in [0.2, 0.25) is 11.7 Å². The van der Waals surface area contributed by atoms with E-state index in [9.17, 15) is 45.8 Å². The first kappa shape index (κ1) is 28.9. The van der Waals surface area contributed by atoms with Crippen LogP contribution in [0.15, 0.2) is 42.5 Å². The number of aryl methyl sites for hydroxylation is 1. The Morgan fingerprint density at radius 2 is 1.51 bits per heavy atom. The number of nitrogens with zero attached hydrogens (tertiary/aromatic N) is 2. The molecular formula is C24H19F6N7O4. The third-order valence-corrected chi connectivity index (χ3v) is 5.52. The van der Waals surface area contributed by atoms with E-state index in [1.807, 2.05) is 0 Å². The summed E-state index contributed by atoms with van der Waals surface area (Å²) in [5.74, 6) is -3.28. The molecule has 0 unspecified atom stereocenters. The number of alkyl halides is 6. The standard InChI is InChI=1S/C24H19F6N7O4/c25-23(26,27)11-4-6-12(7-5-11)32-22(41)37-19-18(20(39)40)35-16(36-19)2-1-3-17(38)31-13-8-9-14-15(10-13)34-21(33-14)24(28,29)30/h4-10H,1-3H2,(H,31,38)(H,33,34)(H,35,36)(H,39,40)(H2,32,37,41). The van der Waals surface area contributed by atoms with Crippen LogP contribution >= 0.6 is 0 Å². The molecule has 216 valence electrons. The molecule has 0 saturated heterocycles. The van der Waals surface area contributed by atoms with E-state index in [1.54, 1.807) is 0 Å². The lowest BCUT2D eigenvalue weighted by Gasteiger charge is -2.09. The Morgan fingerprint density at radius 1 is 0.829 bits per heavy atom. The number of aromatic amines is 2. The van der Waals surface area contributed by atoms with Crippen LogP contribution in [0.4, 0.5) is 48.3 Å². The van der Waals surface area contributed by atoms with Crippen molar-refractivity contribution in [3.8, 4) is 0 Å². The second-order valence-corrected chi connectivity index (χ2v) is 8.58. The quantitative estimate of drug-likeness (QED) is 0.147. The molecule has 2 aromatic heterocycles. The summed E-state index contributed by atoms with van der Waals surface area (Å²) in [6.45, 7) is 0. The minimum atomic E-state index is -4.65. The highest BCUT2D eigenvalue weighted by molar-refractivity contribution is 6.03. The summed E-state index contributed by atoms with van der Waals surface area (Å²) < 4.78 is 76.5. The lowest BCUT2D eigenvalue weighted by molar-refractivity contribution is -0.144. The molecule has 4 rings (SSSR count). The van der Waals surface area contributed by atoms with E-state index >= 15 is 0 Å². The van der Waals surface area contributed by atoms with Crippen LogP contribution in [-0.4, -0.2) is 43.0 Å². The van der Waals surface area contributed by atoms with Crippen LogP contribution < -0.4 is 16.0 Å². The number of urea groups is 1. The molecular weight excluding hydrogens is 564 g/mol. The molecule has 17 heteroatoms. The fraction of sp³-hybridized carbons (Fsp3) is 0.208. The van der Waals surface area contributed by atoms with Crippen molar-refractivity contribution in [2.24, 2.45) is 0 Å². The Labute approximate surface area is 225 Å². The molecule has 11 nitrogen and oxygen atoms in total. The molecule has 0 aliphatic rings. The highest BCUT2D eigenvalue weighted by atomic mass is 19.4. The molecule has 2 aromatic carbocycles.